The molecule has 1 fully saturated rings. The molecule has 1 N–H and O–H groups in total. The average Bonchev–Trinajstić information content (AvgIpc) is 2.04. The minimum Gasteiger partial charge on any atom is -0.481 e. The fraction of sp³-hybridized carbons (Fsp3) is 0.917. The van der Waals surface area contributed by atoms with Crippen LogP contribution in [0.25, 0.3) is 0 Å². The third-order valence-corrected chi connectivity index (χ3v) is 2.54. The molecule has 0 unspecified atom stereocenters. The van der Waals surface area contributed by atoms with Gasteiger partial charge in [-0.25, -0.2) is 0 Å². The number of aliphatic carboxylic acids is 1. The van der Waals surface area contributed by atoms with Gasteiger partial charge in [0.25, 0.3) is 0 Å². The van der Waals surface area contributed by atoms with Crippen molar-refractivity contribution in [1.29, 1.82) is 0 Å². The van der Waals surface area contributed by atoms with E-state index in [4.69, 9.17) is 5.11 Å². The van der Waals surface area contributed by atoms with Crippen molar-refractivity contribution in [2.45, 2.75) is 59.8 Å². The molecular formula is C12H24O2. The van der Waals surface area contributed by atoms with E-state index >= 15 is 0 Å². The van der Waals surface area contributed by atoms with Gasteiger partial charge >= 0.3 is 5.97 Å². The Labute approximate surface area is 87.7 Å². The normalized spacial score (nSPS) is 18.3. The van der Waals surface area contributed by atoms with Crippen LogP contribution in [0.15, 0.2) is 0 Å². The van der Waals surface area contributed by atoms with Crippen LogP contribution in [0.5, 0.6) is 0 Å². The van der Waals surface area contributed by atoms with E-state index in [1.807, 2.05) is 0 Å². The highest BCUT2D eigenvalue weighted by atomic mass is 16.4. The van der Waals surface area contributed by atoms with Crippen molar-refractivity contribution in [2.75, 3.05) is 0 Å². The number of carbonyl (C=O) groups is 1. The summed E-state index contributed by atoms with van der Waals surface area (Å²) in [5, 5.41) is 8.25. The Hall–Kier alpha value is -0.530. The van der Waals surface area contributed by atoms with E-state index in [-0.39, 0.29) is 0 Å². The lowest BCUT2D eigenvalue weighted by Gasteiger charge is -2.15. The van der Waals surface area contributed by atoms with Crippen LogP contribution in [0, 0.1) is 11.3 Å². The van der Waals surface area contributed by atoms with Gasteiger partial charge < -0.3 is 5.11 Å². The second-order valence-corrected chi connectivity index (χ2v) is 5.30. The fourth-order valence-corrected chi connectivity index (χ4v) is 1.31. The second-order valence-electron chi connectivity index (χ2n) is 5.30. The summed E-state index contributed by atoms with van der Waals surface area (Å²) in [6.07, 6.45) is 7.44. The van der Waals surface area contributed by atoms with Gasteiger partial charge in [-0.15, -0.1) is 0 Å². The standard InChI is InChI=1S/C7H14.C5H10O2/c1-7-5-3-2-4-6-7;1-5(2,3)4(6)7/h7H,2-6H2,1H3;1-3H3,(H,6,7). The molecule has 0 aromatic carbocycles. The molecule has 2 nitrogen and oxygen atoms in total. The first-order valence-corrected chi connectivity index (χ1v) is 5.57. The largest absolute Gasteiger partial charge is 0.481 e. The van der Waals surface area contributed by atoms with E-state index in [0.29, 0.717) is 0 Å². The first kappa shape index (κ1) is 13.5. The topological polar surface area (TPSA) is 37.3 Å². The molecule has 1 aliphatic carbocycles. The highest BCUT2D eigenvalue weighted by Gasteiger charge is 2.18. The Morgan fingerprint density at radius 2 is 1.50 bits per heavy atom. The minimum atomic E-state index is -0.757. The Morgan fingerprint density at radius 1 is 1.14 bits per heavy atom. The summed E-state index contributed by atoms with van der Waals surface area (Å²) in [6.45, 7) is 7.35. The lowest BCUT2D eigenvalue weighted by molar-refractivity contribution is -0.145. The molecule has 0 aliphatic heterocycles. The van der Waals surface area contributed by atoms with Crippen molar-refractivity contribution in [1.82, 2.24) is 0 Å². The van der Waals surface area contributed by atoms with Gasteiger partial charge in [-0.3, -0.25) is 4.79 Å². The van der Waals surface area contributed by atoms with Crippen LogP contribution in [0.4, 0.5) is 0 Å². The number of hydrogen-bond acceptors (Lipinski definition) is 1. The summed E-state index contributed by atoms with van der Waals surface area (Å²) in [4.78, 5) is 10.0. The zero-order valence-corrected chi connectivity index (χ0v) is 9.97. The third-order valence-electron chi connectivity index (χ3n) is 2.54. The van der Waals surface area contributed by atoms with Gasteiger partial charge in [-0.1, -0.05) is 39.0 Å². The Balaban J connectivity index is 0.000000241. The number of rotatable bonds is 0. The molecule has 0 aromatic heterocycles. The molecule has 14 heavy (non-hydrogen) atoms. The molecule has 1 saturated carbocycles. The molecule has 1 aliphatic rings. The molecule has 0 atom stereocenters. The molecule has 84 valence electrons. The molecule has 0 spiro atoms. The van der Waals surface area contributed by atoms with E-state index in [1.54, 1.807) is 20.8 Å². The number of hydrogen-bond donors (Lipinski definition) is 1. The Bertz CT molecular complexity index is 162. The highest BCUT2D eigenvalue weighted by Crippen LogP contribution is 2.22. The van der Waals surface area contributed by atoms with E-state index in [9.17, 15) is 4.79 Å². The molecule has 0 bridgehead atoms. The van der Waals surface area contributed by atoms with Gasteiger partial charge in [0, 0.05) is 0 Å². The maximum atomic E-state index is 10.0. The monoisotopic (exact) mass is 200 g/mol. The Morgan fingerprint density at radius 3 is 1.64 bits per heavy atom. The van der Waals surface area contributed by atoms with Crippen molar-refractivity contribution in [3.05, 3.63) is 0 Å². The predicted octanol–water partition coefficient (Wildman–Crippen LogP) is 3.70. The van der Waals surface area contributed by atoms with E-state index in [1.165, 1.54) is 32.1 Å². The smallest absolute Gasteiger partial charge is 0.308 e. The summed E-state index contributed by atoms with van der Waals surface area (Å²) < 4.78 is 0. The van der Waals surface area contributed by atoms with Crippen LogP contribution in [0.2, 0.25) is 0 Å². The SMILES string of the molecule is CC(C)(C)C(=O)O.CC1CCCCC1. The second kappa shape index (κ2) is 6.05. The van der Waals surface area contributed by atoms with Crippen molar-refractivity contribution in [3.8, 4) is 0 Å². The summed E-state index contributed by atoms with van der Waals surface area (Å²) in [7, 11) is 0. The maximum Gasteiger partial charge on any atom is 0.308 e. The van der Waals surface area contributed by atoms with E-state index in [2.05, 4.69) is 6.92 Å². The fourth-order valence-electron chi connectivity index (χ4n) is 1.31. The van der Waals surface area contributed by atoms with Crippen molar-refractivity contribution in [3.63, 3.8) is 0 Å². The molecule has 0 amide bonds. The van der Waals surface area contributed by atoms with Crippen LogP contribution in [0.1, 0.15) is 59.8 Å². The van der Waals surface area contributed by atoms with Gasteiger partial charge in [0.1, 0.15) is 0 Å². The molecular weight excluding hydrogens is 176 g/mol. The summed E-state index contributed by atoms with van der Waals surface area (Å²) in [5.74, 6) is 0.279. The summed E-state index contributed by atoms with van der Waals surface area (Å²) >= 11 is 0. The van der Waals surface area contributed by atoms with E-state index in [0.717, 1.165) is 5.92 Å². The van der Waals surface area contributed by atoms with Gasteiger partial charge in [0.05, 0.1) is 5.41 Å². The van der Waals surface area contributed by atoms with Crippen LogP contribution in [-0.4, -0.2) is 11.1 Å². The van der Waals surface area contributed by atoms with Crippen molar-refractivity contribution in [2.24, 2.45) is 11.3 Å². The third kappa shape index (κ3) is 6.93. The van der Waals surface area contributed by atoms with Gasteiger partial charge in [0.2, 0.25) is 0 Å². The van der Waals surface area contributed by atoms with Crippen molar-refractivity contribution < 1.29 is 9.90 Å². The van der Waals surface area contributed by atoms with E-state index < -0.39 is 11.4 Å². The van der Waals surface area contributed by atoms with Gasteiger partial charge in [0.15, 0.2) is 0 Å². The number of carboxylic acids is 1. The molecule has 0 aromatic rings. The zero-order valence-electron chi connectivity index (χ0n) is 9.97. The molecule has 0 saturated heterocycles. The zero-order chi connectivity index (χ0) is 11.2. The highest BCUT2D eigenvalue weighted by molar-refractivity contribution is 5.72. The van der Waals surface area contributed by atoms with Gasteiger partial charge in [-0.2, -0.15) is 0 Å². The maximum absolute atomic E-state index is 10.0. The lowest BCUT2D eigenvalue weighted by atomic mass is 9.91. The molecule has 0 radical (unpaired) electrons. The van der Waals surface area contributed by atoms with Crippen LogP contribution in [-0.2, 0) is 4.79 Å². The Kier molecular flexibility index (Phi) is 5.82. The quantitative estimate of drug-likeness (QED) is 0.647. The van der Waals surface area contributed by atoms with Gasteiger partial charge in [-0.05, 0) is 26.7 Å². The van der Waals surface area contributed by atoms with Crippen LogP contribution in [0.3, 0.4) is 0 Å². The molecule has 0 heterocycles. The van der Waals surface area contributed by atoms with Crippen LogP contribution >= 0.6 is 0 Å². The van der Waals surface area contributed by atoms with Crippen LogP contribution < -0.4 is 0 Å². The molecule has 1 rings (SSSR count). The predicted molar refractivity (Wildman–Crippen MR) is 59.3 cm³/mol. The summed E-state index contributed by atoms with van der Waals surface area (Å²) in [5.41, 5.74) is -0.583. The average molecular weight is 200 g/mol. The first-order valence-electron chi connectivity index (χ1n) is 5.57. The molecule has 2 heteroatoms. The first-order chi connectivity index (χ1) is 6.34. The lowest BCUT2D eigenvalue weighted by Crippen LogP contribution is -2.18. The number of carboxylic acid groups (broad SMARTS) is 1. The van der Waals surface area contributed by atoms with Crippen molar-refractivity contribution >= 4 is 5.97 Å². The summed E-state index contributed by atoms with van der Waals surface area (Å²) in [6, 6.07) is 0. The minimum absolute atomic E-state index is 0.583.